The van der Waals surface area contributed by atoms with Crippen molar-refractivity contribution in [2.45, 2.75) is 18.1 Å². The van der Waals surface area contributed by atoms with E-state index in [-0.39, 0.29) is 29.6 Å². The second-order valence-corrected chi connectivity index (χ2v) is 7.94. The first-order valence-electron chi connectivity index (χ1n) is 8.72. The third-order valence-electron chi connectivity index (χ3n) is 4.28. The number of benzene rings is 2. The number of carboxylic acids is 1. The molecule has 29 heavy (non-hydrogen) atoms. The first-order chi connectivity index (χ1) is 13.8. The molecule has 1 aliphatic heterocycles. The number of hydrogen-bond donors (Lipinski definition) is 2. The zero-order chi connectivity index (χ0) is 21.0. The van der Waals surface area contributed by atoms with Crippen LogP contribution in [0.2, 0.25) is 5.02 Å². The van der Waals surface area contributed by atoms with E-state index < -0.39 is 17.1 Å². The van der Waals surface area contributed by atoms with Crippen molar-refractivity contribution >= 4 is 58.4 Å². The molecule has 0 radical (unpaired) electrons. The van der Waals surface area contributed by atoms with Gasteiger partial charge in [-0.2, -0.15) is 0 Å². The third kappa shape index (κ3) is 5.16. The topological polar surface area (TPSA) is 104 Å². The molecule has 7 nitrogen and oxygen atoms in total. The molecule has 1 aliphatic rings. The number of thioether (sulfide) groups is 1. The van der Waals surface area contributed by atoms with Gasteiger partial charge < -0.3 is 10.4 Å². The number of aromatic carboxylic acids is 1. The predicted octanol–water partition coefficient (Wildman–Crippen LogP) is 3.43. The quantitative estimate of drug-likeness (QED) is 0.678. The number of carbonyl (C=O) groups is 4. The standard InChI is InChI=1S/C20H17ClN2O5S/c21-13-3-5-14(6-4-13)22-17(24)11-29-16-9-10-18(25)23(19(16)26)15-7-1-12(2-8-15)20(27)28/h1-8,16H,9-11H2,(H,22,24)(H,27,28). The minimum Gasteiger partial charge on any atom is -0.478 e. The summed E-state index contributed by atoms with van der Waals surface area (Å²) in [6, 6.07) is 12.2. The Balaban J connectivity index is 1.62. The van der Waals surface area contributed by atoms with Gasteiger partial charge in [-0.15, -0.1) is 11.8 Å². The molecule has 1 saturated heterocycles. The molecule has 0 bridgehead atoms. The van der Waals surface area contributed by atoms with Gasteiger partial charge in [0.2, 0.25) is 17.7 Å². The second kappa shape index (κ2) is 9.11. The van der Waals surface area contributed by atoms with E-state index in [2.05, 4.69) is 5.32 Å². The summed E-state index contributed by atoms with van der Waals surface area (Å²) in [6.07, 6.45) is 0.517. The summed E-state index contributed by atoms with van der Waals surface area (Å²) in [6.45, 7) is 0. The number of anilines is 2. The van der Waals surface area contributed by atoms with Crippen LogP contribution in [0.15, 0.2) is 48.5 Å². The zero-order valence-electron chi connectivity index (χ0n) is 15.1. The SMILES string of the molecule is O=C(CSC1CCC(=O)N(c2ccc(C(=O)O)cc2)C1=O)Nc1ccc(Cl)cc1. The van der Waals surface area contributed by atoms with Crippen molar-refractivity contribution < 1.29 is 24.3 Å². The monoisotopic (exact) mass is 432 g/mol. The highest BCUT2D eigenvalue weighted by Crippen LogP contribution is 2.29. The number of nitrogens with one attached hydrogen (secondary N) is 1. The van der Waals surface area contributed by atoms with Gasteiger partial charge in [-0.3, -0.25) is 14.4 Å². The van der Waals surface area contributed by atoms with Gasteiger partial charge in [-0.1, -0.05) is 11.6 Å². The Kier molecular flexibility index (Phi) is 6.56. The van der Waals surface area contributed by atoms with E-state index in [9.17, 15) is 19.2 Å². The molecule has 1 atom stereocenters. The maximum Gasteiger partial charge on any atom is 0.335 e. The average Bonchev–Trinajstić information content (AvgIpc) is 2.69. The van der Waals surface area contributed by atoms with E-state index in [0.717, 1.165) is 4.90 Å². The van der Waals surface area contributed by atoms with Crippen LogP contribution in [-0.4, -0.2) is 39.8 Å². The fourth-order valence-electron chi connectivity index (χ4n) is 2.84. The second-order valence-electron chi connectivity index (χ2n) is 6.31. The molecular formula is C20H17ClN2O5S. The minimum absolute atomic E-state index is 0.0546. The first kappa shape index (κ1) is 20.9. The Morgan fingerprint density at radius 1 is 1.10 bits per heavy atom. The van der Waals surface area contributed by atoms with Crippen LogP contribution in [0, 0.1) is 0 Å². The molecule has 1 heterocycles. The van der Waals surface area contributed by atoms with Gasteiger partial charge >= 0.3 is 5.97 Å². The van der Waals surface area contributed by atoms with E-state index in [1.54, 1.807) is 24.3 Å². The number of nitrogens with zero attached hydrogens (tertiary/aromatic N) is 1. The molecule has 150 valence electrons. The van der Waals surface area contributed by atoms with Crippen molar-refractivity contribution in [2.75, 3.05) is 16.0 Å². The molecule has 1 fully saturated rings. The van der Waals surface area contributed by atoms with E-state index >= 15 is 0 Å². The summed E-state index contributed by atoms with van der Waals surface area (Å²) in [5, 5.41) is 11.7. The van der Waals surface area contributed by atoms with Crippen LogP contribution in [0.1, 0.15) is 23.2 Å². The number of hydrogen-bond acceptors (Lipinski definition) is 5. The molecular weight excluding hydrogens is 416 g/mol. The van der Waals surface area contributed by atoms with Crippen LogP contribution in [0.3, 0.4) is 0 Å². The normalized spacial score (nSPS) is 16.6. The molecule has 3 amide bonds. The Morgan fingerprint density at radius 2 is 1.76 bits per heavy atom. The van der Waals surface area contributed by atoms with Crippen molar-refractivity contribution in [3.63, 3.8) is 0 Å². The molecule has 2 aromatic carbocycles. The van der Waals surface area contributed by atoms with Gasteiger partial charge in [0.1, 0.15) is 0 Å². The third-order valence-corrected chi connectivity index (χ3v) is 5.80. The maximum atomic E-state index is 12.8. The van der Waals surface area contributed by atoms with Crippen LogP contribution in [0.5, 0.6) is 0 Å². The minimum atomic E-state index is -1.09. The van der Waals surface area contributed by atoms with E-state index in [1.165, 1.54) is 36.0 Å². The molecule has 0 aromatic heterocycles. The van der Waals surface area contributed by atoms with Gasteiger partial charge in [-0.05, 0) is 55.0 Å². The maximum absolute atomic E-state index is 12.8. The van der Waals surface area contributed by atoms with Gasteiger partial charge in [-0.25, -0.2) is 9.69 Å². The van der Waals surface area contributed by atoms with Crippen LogP contribution >= 0.6 is 23.4 Å². The van der Waals surface area contributed by atoms with E-state index in [0.29, 0.717) is 22.8 Å². The number of rotatable bonds is 6. The number of imide groups is 1. The largest absolute Gasteiger partial charge is 0.478 e. The van der Waals surface area contributed by atoms with Crippen LogP contribution in [-0.2, 0) is 14.4 Å². The number of carbonyl (C=O) groups excluding carboxylic acids is 3. The molecule has 0 saturated carbocycles. The summed E-state index contributed by atoms with van der Waals surface area (Å²) in [5.74, 6) is -2.06. The number of halogens is 1. The Morgan fingerprint density at radius 3 is 2.38 bits per heavy atom. The number of amides is 3. The van der Waals surface area contributed by atoms with Gasteiger partial charge in [0.15, 0.2) is 0 Å². The van der Waals surface area contributed by atoms with Crippen LogP contribution < -0.4 is 10.2 Å². The summed E-state index contributed by atoms with van der Waals surface area (Å²) in [4.78, 5) is 49.2. The summed E-state index contributed by atoms with van der Waals surface area (Å²) >= 11 is 6.98. The number of piperidine rings is 1. The smallest absolute Gasteiger partial charge is 0.335 e. The summed E-state index contributed by atoms with van der Waals surface area (Å²) in [7, 11) is 0. The molecule has 2 N–H and O–H groups in total. The van der Waals surface area contributed by atoms with E-state index in [1.807, 2.05) is 0 Å². The zero-order valence-corrected chi connectivity index (χ0v) is 16.7. The Bertz CT molecular complexity index is 946. The van der Waals surface area contributed by atoms with Crippen LogP contribution in [0.25, 0.3) is 0 Å². The molecule has 3 rings (SSSR count). The Labute approximate surface area is 176 Å². The molecule has 1 unspecified atom stereocenters. The lowest BCUT2D eigenvalue weighted by atomic mass is 10.1. The lowest BCUT2D eigenvalue weighted by Gasteiger charge is -2.30. The van der Waals surface area contributed by atoms with Crippen molar-refractivity contribution in [1.29, 1.82) is 0 Å². The van der Waals surface area contributed by atoms with Crippen molar-refractivity contribution in [3.8, 4) is 0 Å². The highest BCUT2D eigenvalue weighted by atomic mass is 35.5. The predicted molar refractivity (Wildman–Crippen MR) is 111 cm³/mol. The fourth-order valence-corrected chi connectivity index (χ4v) is 3.93. The Hall–Kier alpha value is -2.84. The summed E-state index contributed by atoms with van der Waals surface area (Å²) in [5.41, 5.74) is 0.988. The summed E-state index contributed by atoms with van der Waals surface area (Å²) < 4.78 is 0. The first-order valence-corrected chi connectivity index (χ1v) is 10.1. The molecule has 2 aromatic rings. The van der Waals surface area contributed by atoms with E-state index in [4.69, 9.17) is 16.7 Å². The van der Waals surface area contributed by atoms with Crippen molar-refractivity contribution in [2.24, 2.45) is 0 Å². The van der Waals surface area contributed by atoms with Gasteiger partial charge in [0.25, 0.3) is 0 Å². The van der Waals surface area contributed by atoms with Crippen LogP contribution in [0.4, 0.5) is 11.4 Å². The lowest BCUT2D eigenvalue weighted by Crippen LogP contribution is -2.47. The highest BCUT2D eigenvalue weighted by Gasteiger charge is 2.36. The molecule has 0 spiro atoms. The van der Waals surface area contributed by atoms with Crippen molar-refractivity contribution in [3.05, 3.63) is 59.1 Å². The highest BCUT2D eigenvalue weighted by molar-refractivity contribution is 8.01. The average molecular weight is 433 g/mol. The molecule has 0 aliphatic carbocycles. The number of carboxylic acid groups (broad SMARTS) is 1. The van der Waals surface area contributed by atoms with Gasteiger partial charge in [0.05, 0.1) is 22.3 Å². The lowest BCUT2D eigenvalue weighted by molar-refractivity contribution is -0.128. The van der Waals surface area contributed by atoms with Crippen molar-refractivity contribution in [1.82, 2.24) is 0 Å². The van der Waals surface area contributed by atoms with Gasteiger partial charge in [0, 0.05) is 17.1 Å². The molecule has 9 heteroatoms. The fraction of sp³-hybridized carbons (Fsp3) is 0.200.